The molecule has 0 radical (unpaired) electrons. The van der Waals surface area contributed by atoms with Crippen LogP contribution < -0.4 is 5.43 Å². The molecule has 0 unspecified atom stereocenters. The van der Waals surface area contributed by atoms with Crippen molar-refractivity contribution in [3.63, 3.8) is 0 Å². The lowest BCUT2D eigenvalue weighted by molar-refractivity contribution is 0.0952. The van der Waals surface area contributed by atoms with E-state index in [1.54, 1.807) is 24.3 Å². The number of nitrogens with one attached hydrogen (secondary N) is 1. The van der Waals surface area contributed by atoms with Crippen molar-refractivity contribution in [1.82, 2.24) is 5.43 Å². The first-order valence-corrected chi connectivity index (χ1v) is 6.88. The second-order valence-electron chi connectivity index (χ2n) is 4.42. The van der Waals surface area contributed by atoms with E-state index in [-0.39, 0.29) is 17.1 Å². The van der Waals surface area contributed by atoms with Gasteiger partial charge in [-0.15, -0.1) is 0 Å². The van der Waals surface area contributed by atoms with Crippen molar-refractivity contribution in [1.29, 1.82) is 0 Å². The van der Waals surface area contributed by atoms with Crippen LogP contribution in [0, 0.1) is 6.92 Å². The van der Waals surface area contributed by atoms with Crippen molar-refractivity contribution in [2.24, 2.45) is 5.10 Å². The summed E-state index contributed by atoms with van der Waals surface area (Å²) in [4.78, 5) is 11.9. The SMILES string of the molecule is Cc1ccc(O)c(/C=N/NC(=O)c2cc(Br)ccc2O)c1. The predicted octanol–water partition coefficient (Wildman–Crippen LogP) is 2.93. The second kappa shape index (κ2) is 6.41. The summed E-state index contributed by atoms with van der Waals surface area (Å²) in [7, 11) is 0. The fraction of sp³-hybridized carbons (Fsp3) is 0.0667. The monoisotopic (exact) mass is 348 g/mol. The van der Waals surface area contributed by atoms with Crippen LogP contribution >= 0.6 is 15.9 Å². The number of aromatic hydroxyl groups is 2. The molecule has 0 bridgehead atoms. The van der Waals surface area contributed by atoms with Crippen LogP contribution in [0.5, 0.6) is 11.5 Å². The number of aryl methyl sites for hydroxylation is 1. The number of amides is 1. The molecule has 0 saturated carbocycles. The van der Waals surface area contributed by atoms with E-state index in [0.717, 1.165) is 5.56 Å². The fourth-order valence-electron chi connectivity index (χ4n) is 1.69. The number of carbonyl (C=O) groups is 1. The summed E-state index contributed by atoms with van der Waals surface area (Å²) in [5.74, 6) is -0.606. The normalized spacial score (nSPS) is 10.8. The number of phenols is 2. The minimum Gasteiger partial charge on any atom is -0.507 e. The molecule has 2 aromatic rings. The zero-order chi connectivity index (χ0) is 15.4. The van der Waals surface area contributed by atoms with Gasteiger partial charge in [0.1, 0.15) is 11.5 Å². The first kappa shape index (κ1) is 15.1. The van der Waals surface area contributed by atoms with Gasteiger partial charge in [-0.25, -0.2) is 5.43 Å². The number of hydrazone groups is 1. The molecule has 0 aliphatic heterocycles. The number of hydrogen-bond donors (Lipinski definition) is 3. The summed E-state index contributed by atoms with van der Waals surface area (Å²) in [5, 5.41) is 23.1. The topological polar surface area (TPSA) is 81.9 Å². The molecule has 0 aromatic heterocycles. The molecule has 0 aliphatic carbocycles. The van der Waals surface area contributed by atoms with Crippen LogP contribution in [0.2, 0.25) is 0 Å². The Hall–Kier alpha value is -2.34. The van der Waals surface area contributed by atoms with Crippen molar-refractivity contribution >= 4 is 28.1 Å². The lowest BCUT2D eigenvalue weighted by atomic mass is 10.1. The number of phenolic OH excluding ortho intramolecular Hbond substituents is 2. The maximum Gasteiger partial charge on any atom is 0.275 e. The molecule has 0 atom stereocenters. The summed E-state index contributed by atoms with van der Waals surface area (Å²) in [6, 6.07) is 9.59. The third-order valence-corrected chi connectivity index (χ3v) is 3.25. The van der Waals surface area contributed by atoms with Crippen molar-refractivity contribution in [2.75, 3.05) is 0 Å². The smallest absolute Gasteiger partial charge is 0.275 e. The van der Waals surface area contributed by atoms with Crippen LogP contribution in [-0.4, -0.2) is 22.3 Å². The zero-order valence-corrected chi connectivity index (χ0v) is 12.8. The molecule has 2 aromatic carbocycles. The summed E-state index contributed by atoms with van der Waals surface area (Å²) >= 11 is 3.22. The Balaban J connectivity index is 2.12. The van der Waals surface area contributed by atoms with Crippen LogP contribution in [0.4, 0.5) is 0 Å². The summed E-state index contributed by atoms with van der Waals surface area (Å²) in [6.07, 6.45) is 1.34. The molecule has 21 heavy (non-hydrogen) atoms. The standard InChI is InChI=1S/C15H13BrN2O3/c1-9-2-4-13(19)10(6-9)8-17-18-15(21)12-7-11(16)3-5-14(12)20/h2-8,19-20H,1H3,(H,18,21)/b17-8+. The third kappa shape index (κ3) is 3.82. The molecule has 6 heteroatoms. The number of benzene rings is 2. The Bertz CT molecular complexity index is 714. The van der Waals surface area contributed by atoms with E-state index >= 15 is 0 Å². The number of carbonyl (C=O) groups excluding carboxylic acids is 1. The van der Waals surface area contributed by atoms with Crippen LogP contribution in [0.1, 0.15) is 21.5 Å². The molecule has 2 rings (SSSR count). The van der Waals surface area contributed by atoms with Gasteiger partial charge in [0.25, 0.3) is 5.91 Å². The van der Waals surface area contributed by atoms with Crippen LogP contribution in [-0.2, 0) is 0 Å². The van der Waals surface area contributed by atoms with Gasteiger partial charge in [-0.05, 0) is 37.3 Å². The van der Waals surface area contributed by atoms with E-state index in [0.29, 0.717) is 10.0 Å². The van der Waals surface area contributed by atoms with Crippen LogP contribution in [0.3, 0.4) is 0 Å². The summed E-state index contributed by atoms with van der Waals surface area (Å²) in [6.45, 7) is 1.88. The van der Waals surface area contributed by atoms with Gasteiger partial charge < -0.3 is 10.2 Å². The second-order valence-corrected chi connectivity index (χ2v) is 5.34. The highest BCUT2D eigenvalue weighted by molar-refractivity contribution is 9.10. The highest BCUT2D eigenvalue weighted by Gasteiger charge is 2.10. The number of nitrogens with zero attached hydrogens (tertiary/aromatic N) is 1. The quantitative estimate of drug-likeness (QED) is 0.589. The molecule has 0 spiro atoms. The maximum atomic E-state index is 11.9. The molecule has 1 amide bonds. The minimum atomic E-state index is -0.544. The van der Waals surface area contributed by atoms with E-state index in [1.807, 2.05) is 6.92 Å². The molecule has 5 nitrogen and oxygen atoms in total. The molecule has 0 saturated heterocycles. The Kier molecular flexibility index (Phi) is 4.59. The Labute approximate surface area is 130 Å². The first-order valence-electron chi connectivity index (χ1n) is 6.09. The molecule has 0 aliphatic rings. The average molecular weight is 349 g/mol. The zero-order valence-electron chi connectivity index (χ0n) is 11.2. The summed E-state index contributed by atoms with van der Waals surface area (Å²) < 4.78 is 0.672. The van der Waals surface area contributed by atoms with E-state index in [1.165, 1.54) is 18.3 Å². The van der Waals surface area contributed by atoms with Crippen molar-refractivity contribution in [2.45, 2.75) is 6.92 Å². The van der Waals surface area contributed by atoms with E-state index in [4.69, 9.17) is 0 Å². The third-order valence-electron chi connectivity index (χ3n) is 2.76. The Morgan fingerprint density at radius 1 is 1.19 bits per heavy atom. The fourth-order valence-corrected chi connectivity index (χ4v) is 2.05. The lowest BCUT2D eigenvalue weighted by Crippen LogP contribution is -2.17. The van der Waals surface area contributed by atoms with Crippen LogP contribution in [0.15, 0.2) is 46.0 Å². The Morgan fingerprint density at radius 3 is 2.67 bits per heavy atom. The first-order chi connectivity index (χ1) is 9.97. The highest BCUT2D eigenvalue weighted by Crippen LogP contribution is 2.21. The molecular formula is C15H13BrN2O3. The number of rotatable bonds is 3. The maximum absolute atomic E-state index is 11.9. The van der Waals surface area contributed by atoms with E-state index < -0.39 is 5.91 Å². The van der Waals surface area contributed by atoms with Gasteiger partial charge in [-0.3, -0.25) is 4.79 Å². The van der Waals surface area contributed by atoms with Gasteiger partial charge in [-0.1, -0.05) is 27.6 Å². The minimum absolute atomic E-state index is 0.0731. The van der Waals surface area contributed by atoms with Crippen molar-refractivity contribution in [3.8, 4) is 11.5 Å². The van der Waals surface area contributed by atoms with E-state index in [2.05, 4.69) is 26.5 Å². The summed E-state index contributed by atoms with van der Waals surface area (Å²) in [5.41, 5.74) is 3.86. The van der Waals surface area contributed by atoms with Gasteiger partial charge in [0.05, 0.1) is 11.8 Å². The van der Waals surface area contributed by atoms with Gasteiger partial charge in [0.15, 0.2) is 0 Å². The average Bonchev–Trinajstić information content (AvgIpc) is 2.45. The molecule has 108 valence electrons. The van der Waals surface area contributed by atoms with Gasteiger partial charge in [-0.2, -0.15) is 5.10 Å². The van der Waals surface area contributed by atoms with Crippen molar-refractivity contribution < 1.29 is 15.0 Å². The number of hydrogen-bond acceptors (Lipinski definition) is 4. The Morgan fingerprint density at radius 2 is 1.90 bits per heavy atom. The number of halogens is 1. The molecule has 0 heterocycles. The highest BCUT2D eigenvalue weighted by atomic mass is 79.9. The van der Waals surface area contributed by atoms with Crippen molar-refractivity contribution in [3.05, 3.63) is 57.6 Å². The lowest BCUT2D eigenvalue weighted by Gasteiger charge is -2.04. The molecular weight excluding hydrogens is 336 g/mol. The van der Waals surface area contributed by atoms with Gasteiger partial charge in [0, 0.05) is 10.0 Å². The largest absolute Gasteiger partial charge is 0.507 e. The molecule has 3 N–H and O–H groups in total. The van der Waals surface area contributed by atoms with Gasteiger partial charge >= 0.3 is 0 Å². The molecule has 0 fully saturated rings. The predicted molar refractivity (Wildman–Crippen MR) is 83.7 cm³/mol. The van der Waals surface area contributed by atoms with Gasteiger partial charge in [0.2, 0.25) is 0 Å². The van der Waals surface area contributed by atoms with Crippen LogP contribution in [0.25, 0.3) is 0 Å². The van der Waals surface area contributed by atoms with E-state index in [9.17, 15) is 15.0 Å².